The molecule has 3 nitrogen and oxygen atoms in total. The van der Waals surface area contributed by atoms with Crippen LogP contribution in [-0.4, -0.2) is 46.1 Å². The van der Waals surface area contributed by atoms with E-state index in [4.69, 9.17) is 5.11 Å². The van der Waals surface area contributed by atoms with Crippen LogP contribution in [0.25, 0.3) is 0 Å². The van der Waals surface area contributed by atoms with Crippen molar-refractivity contribution in [3.8, 4) is 11.8 Å². The highest BCUT2D eigenvalue weighted by Crippen LogP contribution is 2.27. The van der Waals surface area contributed by atoms with Crippen molar-refractivity contribution >= 4 is 29.0 Å². The van der Waals surface area contributed by atoms with Gasteiger partial charge in [-0.2, -0.15) is 11.8 Å². The predicted octanol–water partition coefficient (Wildman–Crippen LogP) is 2.06. The molecule has 19 heavy (non-hydrogen) atoms. The summed E-state index contributed by atoms with van der Waals surface area (Å²) >= 11 is 3.33. The number of aliphatic hydroxyl groups excluding tert-OH is 1. The maximum Gasteiger partial charge on any atom is 0.265 e. The van der Waals surface area contributed by atoms with E-state index in [-0.39, 0.29) is 18.6 Å². The van der Waals surface area contributed by atoms with Gasteiger partial charge in [0.2, 0.25) is 0 Å². The zero-order chi connectivity index (χ0) is 13.8. The van der Waals surface area contributed by atoms with Crippen molar-refractivity contribution in [3.63, 3.8) is 0 Å². The molecule has 1 aliphatic heterocycles. The first-order chi connectivity index (χ1) is 9.15. The summed E-state index contributed by atoms with van der Waals surface area (Å²) in [6.45, 7) is 4.87. The van der Waals surface area contributed by atoms with Gasteiger partial charge in [-0.15, -0.1) is 11.3 Å². The number of amides is 1. The third-order valence-electron chi connectivity index (χ3n) is 3.31. The minimum absolute atomic E-state index is 0.0666. The molecule has 0 spiro atoms. The van der Waals surface area contributed by atoms with Crippen LogP contribution in [-0.2, 0) is 0 Å². The van der Waals surface area contributed by atoms with Gasteiger partial charge in [0.05, 0.1) is 0 Å². The fourth-order valence-corrected chi connectivity index (χ4v) is 3.96. The van der Waals surface area contributed by atoms with Crippen molar-refractivity contribution < 1.29 is 9.90 Å². The molecule has 0 aliphatic carbocycles. The number of thioether (sulfide) groups is 1. The number of nitrogens with zero attached hydrogens (tertiary/aromatic N) is 1. The maximum absolute atomic E-state index is 12.6. The topological polar surface area (TPSA) is 40.5 Å². The highest BCUT2D eigenvalue weighted by Gasteiger charge is 2.30. The number of rotatable bonds is 1. The van der Waals surface area contributed by atoms with Crippen LogP contribution in [0, 0.1) is 11.8 Å². The molecule has 1 aromatic rings. The van der Waals surface area contributed by atoms with Crippen LogP contribution in [0.15, 0.2) is 11.4 Å². The number of carbonyl (C=O) groups is 1. The molecule has 2 rings (SSSR count). The summed E-state index contributed by atoms with van der Waals surface area (Å²) in [6.07, 6.45) is 0. The fraction of sp³-hybridized carbons (Fsp3) is 0.500. The Bertz CT molecular complexity index is 515. The second kappa shape index (κ2) is 6.47. The Hall–Kier alpha value is -0.960. The van der Waals surface area contributed by atoms with Crippen molar-refractivity contribution in [1.29, 1.82) is 0 Å². The Kier molecular flexibility index (Phi) is 4.92. The normalized spacial score (nSPS) is 22.8. The number of thiophene rings is 1. The van der Waals surface area contributed by atoms with Gasteiger partial charge in [-0.25, -0.2) is 0 Å². The van der Waals surface area contributed by atoms with Gasteiger partial charge in [-0.3, -0.25) is 4.79 Å². The molecule has 5 heteroatoms. The Labute approximate surface area is 122 Å². The quantitative estimate of drug-likeness (QED) is 0.806. The van der Waals surface area contributed by atoms with E-state index in [2.05, 4.69) is 25.7 Å². The lowest BCUT2D eigenvalue weighted by molar-refractivity contribution is 0.0703. The van der Waals surface area contributed by atoms with E-state index in [1.54, 1.807) is 0 Å². The van der Waals surface area contributed by atoms with Gasteiger partial charge in [0.1, 0.15) is 11.5 Å². The molecular weight excluding hydrogens is 278 g/mol. The van der Waals surface area contributed by atoms with E-state index in [1.807, 2.05) is 28.1 Å². The molecule has 1 amide bonds. The zero-order valence-electron chi connectivity index (χ0n) is 11.0. The smallest absolute Gasteiger partial charge is 0.265 e. The average molecular weight is 295 g/mol. The van der Waals surface area contributed by atoms with Crippen molar-refractivity contribution in [2.24, 2.45) is 0 Å². The Balaban J connectivity index is 2.22. The van der Waals surface area contributed by atoms with Gasteiger partial charge in [-0.1, -0.05) is 18.8 Å². The lowest BCUT2D eigenvalue weighted by Gasteiger charge is -2.37. The van der Waals surface area contributed by atoms with Gasteiger partial charge in [0, 0.05) is 29.2 Å². The summed E-state index contributed by atoms with van der Waals surface area (Å²) in [5.74, 6) is 6.51. The SMILES string of the molecule is CC1SCCN(C(=O)c2sccc2C#CCO)C1C. The third kappa shape index (κ3) is 3.14. The number of hydrogen-bond donors (Lipinski definition) is 1. The molecular formula is C14H17NO2S2. The third-order valence-corrected chi connectivity index (χ3v) is 5.55. The molecule has 102 valence electrons. The zero-order valence-corrected chi connectivity index (χ0v) is 12.7. The van der Waals surface area contributed by atoms with Gasteiger partial charge < -0.3 is 10.0 Å². The molecule has 0 radical (unpaired) electrons. The molecule has 1 N–H and O–H groups in total. The summed E-state index contributed by atoms with van der Waals surface area (Å²) in [7, 11) is 0. The molecule has 0 saturated carbocycles. The second-order valence-electron chi connectivity index (χ2n) is 4.44. The van der Waals surface area contributed by atoms with Crippen LogP contribution in [0.2, 0.25) is 0 Å². The number of hydrogen-bond acceptors (Lipinski definition) is 4. The first kappa shape index (κ1) is 14.4. The molecule has 0 aromatic carbocycles. The molecule has 0 bridgehead atoms. The van der Waals surface area contributed by atoms with Crippen LogP contribution in [0.1, 0.15) is 29.1 Å². The first-order valence-electron chi connectivity index (χ1n) is 6.25. The van der Waals surface area contributed by atoms with Crippen LogP contribution < -0.4 is 0 Å². The number of aliphatic hydroxyl groups is 1. The van der Waals surface area contributed by atoms with Crippen molar-refractivity contribution in [2.75, 3.05) is 18.9 Å². The monoisotopic (exact) mass is 295 g/mol. The highest BCUT2D eigenvalue weighted by atomic mass is 32.2. The number of carbonyl (C=O) groups excluding carboxylic acids is 1. The summed E-state index contributed by atoms with van der Waals surface area (Å²) in [5, 5.41) is 11.1. The molecule has 1 aliphatic rings. The van der Waals surface area contributed by atoms with E-state index in [0.29, 0.717) is 10.1 Å². The maximum atomic E-state index is 12.6. The second-order valence-corrected chi connectivity index (χ2v) is 6.84. The molecule has 1 aromatic heterocycles. The van der Waals surface area contributed by atoms with Crippen molar-refractivity contribution in [3.05, 3.63) is 21.9 Å². The van der Waals surface area contributed by atoms with Crippen LogP contribution in [0.4, 0.5) is 0 Å². The fourth-order valence-electron chi connectivity index (χ4n) is 2.06. The van der Waals surface area contributed by atoms with E-state index in [1.165, 1.54) is 11.3 Å². The van der Waals surface area contributed by atoms with E-state index in [0.717, 1.165) is 17.9 Å². The summed E-state index contributed by atoms with van der Waals surface area (Å²) in [6, 6.07) is 2.08. The lowest BCUT2D eigenvalue weighted by atomic mass is 10.1. The molecule has 2 unspecified atom stereocenters. The van der Waals surface area contributed by atoms with Crippen molar-refractivity contribution in [1.82, 2.24) is 4.90 Å². The van der Waals surface area contributed by atoms with Crippen molar-refractivity contribution in [2.45, 2.75) is 25.1 Å². The Morgan fingerprint density at radius 2 is 2.37 bits per heavy atom. The minimum atomic E-state index is -0.183. The van der Waals surface area contributed by atoms with Gasteiger partial charge in [-0.05, 0) is 18.4 Å². The molecule has 1 saturated heterocycles. The lowest BCUT2D eigenvalue weighted by Crippen LogP contribution is -2.47. The van der Waals surface area contributed by atoms with Crippen LogP contribution >= 0.6 is 23.1 Å². The molecule has 1 fully saturated rings. The summed E-state index contributed by atoms with van der Waals surface area (Å²) in [4.78, 5) is 15.2. The van der Waals surface area contributed by atoms with Crippen LogP contribution in [0.5, 0.6) is 0 Å². The first-order valence-corrected chi connectivity index (χ1v) is 8.17. The summed E-state index contributed by atoms with van der Waals surface area (Å²) in [5.41, 5.74) is 0.724. The molecule has 2 atom stereocenters. The largest absolute Gasteiger partial charge is 0.384 e. The predicted molar refractivity (Wildman–Crippen MR) is 80.7 cm³/mol. The van der Waals surface area contributed by atoms with Crippen LogP contribution in [0.3, 0.4) is 0 Å². The van der Waals surface area contributed by atoms with E-state index < -0.39 is 0 Å². The van der Waals surface area contributed by atoms with Gasteiger partial charge in [0.15, 0.2) is 0 Å². The Morgan fingerprint density at radius 3 is 3.11 bits per heavy atom. The Morgan fingerprint density at radius 1 is 1.58 bits per heavy atom. The standard InChI is InChI=1S/C14H17NO2S2/c1-10-11(2)18-9-6-15(10)14(17)13-12(4-3-7-16)5-8-19-13/h5,8,10-11,16H,6-7,9H2,1-2H3. The van der Waals surface area contributed by atoms with Gasteiger partial charge >= 0.3 is 0 Å². The minimum Gasteiger partial charge on any atom is -0.384 e. The average Bonchev–Trinajstić information content (AvgIpc) is 2.87. The van der Waals surface area contributed by atoms with E-state index >= 15 is 0 Å². The van der Waals surface area contributed by atoms with Gasteiger partial charge in [0.25, 0.3) is 5.91 Å². The van der Waals surface area contributed by atoms with E-state index in [9.17, 15) is 4.79 Å². The summed E-state index contributed by atoms with van der Waals surface area (Å²) < 4.78 is 0. The highest BCUT2D eigenvalue weighted by molar-refractivity contribution is 8.00. The molecule has 2 heterocycles.